The molecule has 0 unspecified atom stereocenters. The van der Waals surface area contributed by atoms with Crippen molar-refractivity contribution < 1.29 is 0 Å². The highest BCUT2D eigenvalue weighted by Crippen LogP contribution is 2.27. The lowest BCUT2D eigenvalue weighted by molar-refractivity contribution is 0.166. The molecule has 1 fully saturated rings. The third kappa shape index (κ3) is 2.90. The van der Waals surface area contributed by atoms with Gasteiger partial charge in [-0.25, -0.2) is 9.97 Å². The van der Waals surface area contributed by atoms with Crippen molar-refractivity contribution in [2.24, 2.45) is 7.05 Å². The number of aryl methyl sites for hydroxylation is 1. The highest BCUT2D eigenvalue weighted by molar-refractivity contribution is 5.53. The molecule has 0 radical (unpaired) electrons. The van der Waals surface area contributed by atoms with Gasteiger partial charge in [0.1, 0.15) is 11.5 Å². The molecule has 0 N–H and O–H groups in total. The number of hydrogen-bond donors (Lipinski definition) is 0. The minimum absolute atomic E-state index is 0.484. The lowest BCUT2D eigenvalue weighted by Crippen LogP contribution is -2.39. The average molecular weight is 299 g/mol. The SMILES string of the molecule is Cc1ncc(-c2cncc([C@@H]3CCCN(C(C)C)C3)n2)n1C. The van der Waals surface area contributed by atoms with Crippen LogP contribution < -0.4 is 0 Å². The fourth-order valence-corrected chi connectivity index (χ4v) is 3.16. The summed E-state index contributed by atoms with van der Waals surface area (Å²) in [5.74, 6) is 1.48. The Balaban J connectivity index is 1.86. The maximum absolute atomic E-state index is 4.88. The number of piperidine rings is 1. The summed E-state index contributed by atoms with van der Waals surface area (Å²) in [7, 11) is 2.02. The second-order valence-electron chi connectivity index (χ2n) is 6.51. The summed E-state index contributed by atoms with van der Waals surface area (Å²) in [6, 6.07) is 0.596. The van der Waals surface area contributed by atoms with Crippen molar-refractivity contribution in [1.29, 1.82) is 0 Å². The Morgan fingerprint density at radius 2 is 2.05 bits per heavy atom. The van der Waals surface area contributed by atoms with Gasteiger partial charge in [-0.3, -0.25) is 4.98 Å². The summed E-state index contributed by atoms with van der Waals surface area (Å²) in [6.07, 6.45) is 8.08. The van der Waals surface area contributed by atoms with Gasteiger partial charge in [0.2, 0.25) is 0 Å². The Kier molecular flexibility index (Phi) is 4.25. The van der Waals surface area contributed by atoms with E-state index < -0.39 is 0 Å². The van der Waals surface area contributed by atoms with Crippen LogP contribution in [-0.2, 0) is 7.05 Å². The van der Waals surface area contributed by atoms with Gasteiger partial charge in [-0.05, 0) is 40.2 Å². The van der Waals surface area contributed by atoms with Gasteiger partial charge in [0.05, 0.1) is 23.8 Å². The summed E-state index contributed by atoms with van der Waals surface area (Å²) in [4.78, 5) is 16.2. The molecule has 2 aromatic rings. The quantitative estimate of drug-likeness (QED) is 0.874. The van der Waals surface area contributed by atoms with E-state index in [2.05, 4.69) is 33.3 Å². The van der Waals surface area contributed by atoms with Crippen LogP contribution in [0.2, 0.25) is 0 Å². The lowest BCUT2D eigenvalue weighted by atomic mass is 9.94. The van der Waals surface area contributed by atoms with Crippen molar-refractivity contribution in [2.45, 2.75) is 45.6 Å². The van der Waals surface area contributed by atoms with Crippen molar-refractivity contribution >= 4 is 0 Å². The highest BCUT2D eigenvalue weighted by atomic mass is 15.2. The Bertz CT molecular complexity index is 646. The molecule has 5 heteroatoms. The molecule has 3 rings (SSSR count). The van der Waals surface area contributed by atoms with Gasteiger partial charge in [-0.2, -0.15) is 0 Å². The third-order valence-electron chi connectivity index (χ3n) is 4.74. The molecule has 0 amide bonds. The van der Waals surface area contributed by atoms with Crippen LogP contribution in [0.4, 0.5) is 0 Å². The second kappa shape index (κ2) is 6.16. The second-order valence-corrected chi connectivity index (χ2v) is 6.51. The standard InChI is InChI=1S/C17H25N5/c1-12(2)22-7-5-6-14(11-22)15-8-18-9-16(20-15)17-10-19-13(3)21(17)4/h8-10,12,14H,5-7,11H2,1-4H3/t14-/m1/s1. The first-order valence-electron chi connectivity index (χ1n) is 8.11. The Morgan fingerprint density at radius 3 is 2.73 bits per heavy atom. The molecule has 1 aliphatic heterocycles. The molecule has 1 aliphatic rings. The van der Waals surface area contributed by atoms with E-state index in [1.807, 2.05) is 32.6 Å². The van der Waals surface area contributed by atoms with Crippen molar-refractivity contribution in [3.05, 3.63) is 30.1 Å². The first-order valence-corrected chi connectivity index (χ1v) is 8.11. The Labute approximate surface area is 132 Å². The number of rotatable bonds is 3. The molecule has 118 valence electrons. The Hall–Kier alpha value is -1.75. The molecule has 3 heterocycles. The van der Waals surface area contributed by atoms with Crippen molar-refractivity contribution in [1.82, 2.24) is 24.4 Å². The van der Waals surface area contributed by atoms with Gasteiger partial charge in [-0.15, -0.1) is 0 Å². The summed E-state index contributed by atoms with van der Waals surface area (Å²) < 4.78 is 2.06. The predicted molar refractivity (Wildman–Crippen MR) is 87.7 cm³/mol. The summed E-state index contributed by atoms with van der Waals surface area (Å²) in [5, 5.41) is 0. The highest BCUT2D eigenvalue weighted by Gasteiger charge is 2.24. The molecule has 0 aliphatic carbocycles. The van der Waals surface area contributed by atoms with Gasteiger partial charge < -0.3 is 9.47 Å². The fourth-order valence-electron chi connectivity index (χ4n) is 3.16. The number of nitrogens with zero attached hydrogens (tertiary/aromatic N) is 5. The number of likely N-dealkylation sites (tertiary alicyclic amines) is 1. The molecule has 1 saturated heterocycles. The van der Waals surface area contributed by atoms with Crippen LogP contribution in [0.1, 0.15) is 44.1 Å². The minimum atomic E-state index is 0.484. The van der Waals surface area contributed by atoms with Crippen molar-refractivity contribution in [2.75, 3.05) is 13.1 Å². The van der Waals surface area contributed by atoms with Gasteiger partial charge in [0, 0.05) is 31.7 Å². The molecule has 0 spiro atoms. The van der Waals surface area contributed by atoms with Crippen LogP contribution >= 0.6 is 0 Å². The lowest BCUT2D eigenvalue weighted by Gasteiger charge is -2.35. The molecular weight excluding hydrogens is 274 g/mol. The first kappa shape index (κ1) is 15.2. The van der Waals surface area contributed by atoms with Gasteiger partial charge in [0.15, 0.2) is 0 Å². The smallest absolute Gasteiger partial charge is 0.107 e. The first-order chi connectivity index (χ1) is 10.6. The van der Waals surface area contributed by atoms with E-state index in [9.17, 15) is 0 Å². The van der Waals surface area contributed by atoms with Crippen molar-refractivity contribution in [3.8, 4) is 11.4 Å². The Morgan fingerprint density at radius 1 is 1.23 bits per heavy atom. The molecule has 2 aromatic heterocycles. The molecule has 0 saturated carbocycles. The molecule has 1 atom stereocenters. The zero-order valence-electron chi connectivity index (χ0n) is 14.0. The topological polar surface area (TPSA) is 46.8 Å². The molecule has 22 heavy (non-hydrogen) atoms. The average Bonchev–Trinajstić information content (AvgIpc) is 2.87. The molecule has 5 nitrogen and oxygen atoms in total. The normalized spacial score (nSPS) is 19.8. The molecular formula is C17H25N5. The van der Waals surface area contributed by atoms with Crippen LogP contribution in [-0.4, -0.2) is 43.6 Å². The number of hydrogen-bond acceptors (Lipinski definition) is 4. The predicted octanol–water partition coefficient (Wildman–Crippen LogP) is 2.77. The van der Waals surface area contributed by atoms with E-state index in [1.54, 1.807) is 0 Å². The zero-order valence-corrected chi connectivity index (χ0v) is 14.0. The number of aromatic nitrogens is 4. The van der Waals surface area contributed by atoms with Gasteiger partial charge >= 0.3 is 0 Å². The van der Waals surface area contributed by atoms with Gasteiger partial charge in [0.25, 0.3) is 0 Å². The largest absolute Gasteiger partial charge is 0.330 e. The van der Waals surface area contributed by atoms with Crippen LogP contribution in [0, 0.1) is 6.92 Å². The van der Waals surface area contributed by atoms with E-state index in [4.69, 9.17) is 4.98 Å². The van der Waals surface area contributed by atoms with Crippen molar-refractivity contribution in [3.63, 3.8) is 0 Å². The third-order valence-corrected chi connectivity index (χ3v) is 4.74. The summed E-state index contributed by atoms with van der Waals surface area (Å²) in [5.41, 5.74) is 3.06. The maximum Gasteiger partial charge on any atom is 0.107 e. The van der Waals surface area contributed by atoms with E-state index in [0.717, 1.165) is 29.5 Å². The number of imidazole rings is 1. The van der Waals surface area contributed by atoms with E-state index in [0.29, 0.717) is 12.0 Å². The van der Waals surface area contributed by atoms with Crippen LogP contribution in [0.3, 0.4) is 0 Å². The van der Waals surface area contributed by atoms with E-state index >= 15 is 0 Å². The molecule has 0 bridgehead atoms. The molecule has 0 aromatic carbocycles. The fraction of sp³-hybridized carbons (Fsp3) is 0.588. The van der Waals surface area contributed by atoms with Crippen LogP contribution in [0.5, 0.6) is 0 Å². The van der Waals surface area contributed by atoms with E-state index in [-0.39, 0.29) is 0 Å². The zero-order chi connectivity index (χ0) is 15.7. The summed E-state index contributed by atoms with van der Waals surface area (Å²) >= 11 is 0. The van der Waals surface area contributed by atoms with E-state index in [1.165, 1.54) is 19.4 Å². The minimum Gasteiger partial charge on any atom is -0.330 e. The van der Waals surface area contributed by atoms with Crippen LogP contribution in [0.15, 0.2) is 18.6 Å². The summed E-state index contributed by atoms with van der Waals surface area (Å²) in [6.45, 7) is 8.82. The maximum atomic E-state index is 4.88. The van der Waals surface area contributed by atoms with Crippen LogP contribution in [0.25, 0.3) is 11.4 Å². The van der Waals surface area contributed by atoms with Gasteiger partial charge in [-0.1, -0.05) is 0 Å². The monoisotopic (exact) mass is 299 g/mol.